The molecule has 0 radical (unpaired) electrons. The van der Waals surface area contributed by atoms with Gasteiger partial charge in [0.2, 0.25) is 0 Å². The summed E-state index contributed by atoms with van der Waals surface area (Å²) in [5.74, 6) is 0. The van der Waals surface area contributed by atoms with Gasteiger partial charge in [0.25, 0.3) is 0 Å². The minimum Gasteiger partial charge on any atom is -0.381 e. The summed E-state index contributed by atoms with van der Waals surface area (Å²) in [4.78, 5) is 2.14. The summed E-state index contributed by atoms with van der Waals surface area (Å²) in [6, 6.07) is 0.170. The van der Waals surface area contributed by atoms with Gasteiger partial charge in [-0.3, -0.25) is 4.68 Å². The van der Waals surface area contributed by atoms with Gasteiger partial charge in [0.15, 0.2) is 0 Å². The number of likely N-dealkylation sites (N-methyl/N-ethyl adjacent to an activating group) is 1. The molecule has 1 unspecified atom stereocenters. The second-order valence-corrected chi connectivity index (χ2v) is 5.55. The van der Waals surface area contributed by atoms with Crippen molar-refractivity contribution in [1.29, 1.82) is 0 Å². The summed E-state index contributed by atoms with van der Waals surface area (Å²) < 4.78 is 7.56. The molecule has 1 N–H and O–H groups in total. The largest absolute Gasteiger partial charge is 0.381 e. The molecule has 0 aliphatic heterocycles. The van der Waals surface area contributed by atoms with E-state index in [1.165, 1.54) is 0 Å². The maximum Gasteiger partial charge on any atom is 0.0834 e. The van der Waals surface area contributed by atoms with Gasteiger partial charge in [0.05, 0.1) is 29.5 Å². The molecule has 1 atom stereocenters. The van der Waals surface area contributed by atoms with Crippen molar-refractivity contribution in [2.24, 2.45) is 0 Å². The Kier molecular flexibility index (Phi) is 8.14. The molecule has 1 aromatic heterocycles. The molecule has 20 heavy (non-hydrogen) atoms. The predicted octanol–water partition coefficient (Wildman–Crippen LogP) is 2.18. The van der Waals surface area contributed by atoms with Crippen LogP contribution >= 0.6 is 11.6 Å². The van der Waals surface area contributed by atoms with Crippen LogP contribution in [0.3, 0.4) is 0 Å². The van der Waals surface area contributed by atoms with E-state index in [9.17, 15) is 0 Å². The normalized spacial score (nSPS) is 13.1. The molecule has 6 heteroatoms. The lowest BCUT2D eigenvalue weighted by Gasteiger charge is -2.19. The Hall–Kier alpha value is -0.620. The number of ether oxygens (including phenoxy) is 1. The monoisotopic (exact) mass is 302 g/mol. The third-order valence-corrected chi connectivity index (χ3v) is 3.46. The number of halogens is 1. The Morgan fingerprint density at radius 2 is 2.20 bits per heavy atom. The highest BCUT2D eigenvalue weighted by Gasteiger charge is 2.18. The molecule has 0 amide bonds. The molecule has 1 rings (SSSR count). The minimum atomic E-state index is 0.170. The molecule has 0 fully saturated rings. The Bertz CT molecular complexity index is 381. The van der Waals surface area contributed by atoms with Crippen molar-refractivity contribution in [3.63, 3.8) is 0 Å². The summed E-state index contributed by atoms with van der Waals surface area (Å²) in [5, 5.41) is 8.41. The highest BCUT2D eigenvalue weighted by molar-refractivity contribution is 6.31. The van der Waals surface area contributed by atoms with Gasteiger partial charge in [-0.25, -0.2) is 0 Å². The van der Waals surface area contributed by atoms with E-state index >= 15 is 0 Å². The van der Waals surface area contributed by atoms with Gasteiger partial charge < -0.3 is 15.0 Å². The molecule has 0 aromatic carbocycles. The summed E-state index contributed by atoms with van der Waals surface area (Å²) in [5.41, 5.74) is 1.05. The molecule has 0 saturated heterocycles. The van der Waals surface area contributed by atoms with Gasteiger partial charge >= 0.3 is 0 Å². The van der Waals surface area contributed by atoms with Crippen molar-refractivity contribution in [2.45, 2.75) is 32.4 Å². The van der Waals surface area contributed by atoms with Crippen LogP contribution in [0, 0.1) is 0 Å². The molecule has 1 heterocycles. The quantitative estimate of drug-likeness (QED) is 0.673. The molecule has 0 spiro atoms. The van der Waals surface area contributed by atoms with Crippen LogP contribution in [0.5, 0.6) is 0 Å². The van der Waals surface area contributed by atoms with Gasteiger partial charge in [-0.1, -0.05) is 18.5 Å². The fourth-order valence-corrected chi connectivity index (χ4v) is 2.33. The second kappa shape index (κ2) is 9.34. The van der Waals surface area contributed by atoms with Gasteiger partial charge in [-0.2, -0.15) is 5.10 Å². The molecule has 0 saturated carbocycles. The van der Waals surface area contributed by atoms with Gasteiger partial charge in [-0.15, -0.1) is 0 Å². The van der Waals surface area contributed by atoms with Crippen molar-refractivity contribution in [3.8, 4) is 0 Å². The molecular formula is C14H27ClN4O. The minimum absolute atomic E-state index is 0.170. The molecule has 0 bridgehead atoms. The van der Waals surface area contributed by atoms with E-state index in [4.69, 9.17) is 16.3 Å². The Morgan fingerprint density at radius 1 is 1.45 bits per heavy atom. The fraction of sp³-hybridized carbons (Fsp3) is 0.786. The first-order valence-electron chi connectivity index (χ1n) is 7.21. The lowest BCUT2D eigenvalue weighted by molar-refractivity contribution is 0.124. The van der Waals surface area contributed by atoms with Crippen LogP contribution in [0.15, 0.2) is 6.20 Å². The zero-order chi connectivity index (χ0) is 15.0. The lowest BCUT2D eigenvalue weighted by atomic mass is 10.1. The molecule has 1 aromatic rings. The SMILES string of the molecule is CCCOCCC(NC)c1c(Cl)cnn1CCN(C)C. The number of aromatic nitrogens is 2. The van der Waals surface area contributed by atoms with E-state index in [0.29, 0.717) is 0 Å². The van der Waals surface area contributed by atoms with Crippen molar-refractivity contribution in [2.75, 3.05) is 40.9 Å². The molecule has 5 nitrogen and oxygen atoms in total. The van der Waals surface area contributed by atoms with E-state index < -0.39 is 0 Å². The van der Waals surface area contributed by atoms with Crippen LogP contribution in [0.1, 0.15) is 31.5 Å². The van der Waals surface area contributed by atoms with Crippen molar-refractivity contribution in [3.05, 3.63) is 16.9 Å². The van der Waals surface area contributed by atoms with E-state index in [-0.39, 0.29) is 6.04 Å². The number of hydrogen-bond donors (Lipinski definition) is 1. The van der Waals surface area contributed by atoms with E-state index in [1.54, 1.807) is 6.20 Å². The first-order valence-corrected chi connectivity index (χ1v) is 7.58. The highest BCUT2D eigenvalue weighted by atomic mass is 35.5. The third-order valence-electron chi connectivity index (χ3n) is 3.17. The van der Waals surface area contributed by atoms with Crippen molar-refractivity contribution >= 4 is 11.6 Å². The topological polar surface area (TPSA) is 42.3 Å². The van der Waals surface area contributed by atoms with E-state index in [1.807, 2.05) is 11.7 Å². The lowest BCUT2D eigenvalue weighted by Crippen LogP contribution is -2.25. The van der Waals surface area contributed by atoms with Gasteiger partial charge in [0, 0.05) is 19.8 Å². The zero-order valence-corrected chi connectivity index (χ0v) is 13.8. The fourth-order valence-electron chi connectivity index (χ4n) is 2.06. The molecule has 0 aliphatic carbocycles. The number of hydrogen-bond acceptors (Lipinski definition) is 4. The van der Waals surface area contributed by atoms with Gasteiger partial charge in [-0.05, 0) is 34.0 Å². The van der Waals surface area contributed by atoms with Crippen molar-refractivity contribution < 1.29 is 4.74 Å². The second-order valence-electron chi connectivity index (χ2n) is 5.15. The highest BCUT2D eigenvalue weighted by Crippen LogP contribution is 2.25. The molecule has 0 aliphatic rings. The van der Waals surface area contributed by atoms with Crippen molar-refractivity contribution in [1.82, 2.24) is 20.0 Å². The Morgan fingerprint density at radius 3 is 2.80 bits per heavy atom. The standard InChI is InChI=1S/C14H27ClN4O/c1-5-9-20-10-6-13(16-2)14-12(15)11-17-19(14)8-7-18(3)4/h11,13,16H,5-10H2,1-4H3. The Balaban J connectivity index is 2.67. The first kappa shape index (κ1) is 17.4. The third kappa shape index (κ3) is 5.40. The number of nitrogens with one attached hydrogen (secondary N) is 1. The molecular weight excluding hydrogens is 276 g/mol. The van der Waals surface area contributed by atoms with Crippen LogP contribution in [-0.4, -0.2) is 55.6 Å². The summed E-state index contributed by atoms with van der Waals surface area (Å²) in [7, 11) is 6.06. The van der Waals surface area contributed by atoms with Crippen LogP contribution in [-0.2, 0) is 11.3 Å². The average Bonchev–Trinajstić information content (AvgIpc) is 2.78. The maximum atomic E-state index is 6.30. The molecule has 116 valence electrons. The van der Waals surface area contributed by atoms with E-state index in [0.717, 1.165) is 49.9 Å². The van der Waals surface area contributed by atoms with Gasteiger partial charge in [0.1, 0.15) is 0 Å². The maximum absolute atomic E-state index is 6.30. The summed E-state index contributed by atoms with van der Waals surface area (Å²) in [6.07, 6.45) is 3.67. The van der Waals surface area contributed by atoms with Crippen LogP contribution < -0.4 is 5.32 Å². The smallest absolute Gasteiger partial charge is 0.0834 e. The number of rotatable bonds is 10. The number of nitrogens with zero attached hydrogens (tertiary/aromatic N) is 3. The zero-order valence-electron chi connectivity index (χ0n) is 13.0. The van der Waals surface area contributed by atoms with Crippen LogP contribution in [0.25, 0.3) is 0 Å². The summed E-state index contributed by atoms with van der Waals surface area (Å²) in [6.45, 7) is 5.43. The average molecular weight is 303 g/mol. The van der Waals surface area contributed by atoms with Crippen LogP contribution in [0.4, 0.5) is 0 Å². The summed E-state index contributed by atoms with van der Waals surface area (Å²) >= 11 is 6.30. The van der Waals surface area contributed by atoms with Crippen LogP contribution in [0.2, 0.25) is 5.02 Å². The predicted molar refractivity (Wildman–Crippen MR) is 83.3 cm³/mol. The Labute approximate surface area is 127 Å². The van der Waals surface area contributed by atoms with E-state index in [2.05, 4.69) is 36.3 Å². The first-order chi connectivity index (χ1) is 9.60.